The summed E-state index contributed by atoms with van der Waals surface area (Å²) < 4.78 is 26.6. The lowest BCUT2D eigenvalue weighted by Gasteiger charge is -2.18. The second kappa shape index (κ2) is 4.59. The van der Waals surface area contributed by atoms with Crippen molar-refractivity contribution in [1.82, 2.24) is 0 Å². The van der Waals surface area contributed by atoms with Crippen molar-refractivity contribution in [3.8, 4) is 0 Å². The molecular weight excluding hydrogens is 204 g/mol. The van der Waals surface area contributed by atoms with Gasteiger partial charge in [0.25, 0.3) is 0 Å². The zero-order valence-corrected chi connectivity index (χ0v) is 8.92. The van der Waals surface area contributed by atoms with E-state index in [9.17, 15) is 13.2 Å². The van der Waals surface area contributed by atoms with Crippen molar-refractivity contribution in [1.29, 1.82) is 0 Å². The van der Waals surface area contributed by atoms with Gasteiger partial charge in [-0.2, -0.15) is 0 Å². The van der Waals surface area contributed by atoms with Crippen LogP contribution in [0.25, 0.3) is 0 Å². The van der Waals surface area contributed by atoms with Crippen LogP contribution in [0.4, 0.5) is 0 Å². The highest BCUT2D eigenvalue weighted by Gasteiger charge is 2.21. The van der Waals surface area contributed by atoms with Crippen LogP contribution >= 0.6 is 0 Å². The molecule has 0 aliphatic carbocycles. The Labute approximate surface area is 83.9 Å². The molecule has 5 heteroatoms. The highest BCUT2D eigenvalue weighted by molar-refractivity contribution is 7.91. The Bertz CT molecular complexity index is 315. The summed E-state index contributed by atoms with van der Waals surface area (Å²) in [6.07, 6.45) is 4.31. The van der Waals surface area contributed by atoms with Crippen molar-refractivity contribution in [2.45, 2.75) is 12.8 Å². The van der Waals surface area contributed by atoms with Crippen LogP contribution in [0.1, 0.15) is 12.8 Å². The number of esters is 1. The van der Waals surface area contributed by atoms with Crippen molar-refractivity contribution in [2.24, 2.45) is 5.92 Å². The molecule has 0 N–H and O–H groups in total. The van der Waals surface area contributed by atoms with Crippen LogP contribution in [0.2, 0.25) is 0 Å². The standard InChI is InChI=1S/C9H14O4S/c1-13-9(10)3-2-8-4-6-14(11,12)7-5-8/h2-3,8H,4-7H2,1H3/b3-2-. The van der Waals surface area contributed by atoms with Gasteiger partial charge in [0.1, 0.15) is 9.84 Å². The van der Waals surface area contributed by atoms with E-state index in [0.717, 1.165) is 0 Å². The number of sulfone groups is 1. The summed E-state index contributed by atoms with van der Waals surface area (Å²) in [6, 6.07) is 0. The maximum atomic E-state index is 11.1. The summed E-state index contributed by atoms with van der Waals surface area (Å²) in [5, 5.41) is 0. The van der Waals surface area contributed by atoms with E-state index in [1.165, 1.54) is 13.2 Å². The maximum Gasteiger partial charge on any atom is 0.330 e. The molecule has 0 atom stereocenters. The van der Waals surface area contributed by atoms with E-state index in [1.807, 2.05) is 0 Å². The smallest absolute Gasteiger partial charge is 0.330 e. The van der Waals surface area contributed by atoms with Gasteiger partial charge in [0.05, 0.1) is 18.6 Å². The molecule has 0 radical (unpaired) electrons. The van der Waals surface area contributed by atoms with Crippen molar-refractivity contribution in [3.63, 3.8) is 0 Å². The summed E-state index contributed by atoms with van der Waals surface area (Å²) in [6.45, 7) is 0. The van der Waals surface area contributed by atoms with E-state index in [2.05, 4.69) is 4.74 Å². The molecule has 0 amide bonds. The average Bonchev–Trinajstić information content (AvgIpc) is 2.16. The molecule has 0 saturated carbocycles. The second-order valence-electron chi connectivity index (χ2n) is 3.37. The van der Waals surface area contributed by atoms with Gasteiger partial charge in [0.15, 0.2) is 0 Å². The topological polar surface area (TPSA) is 60.4 Å². The van der Waals surface area contributed by atoms with E-state index in [4.69, 9.17) is 0 Å². The highest BCUT2D eigenvalue weighted by Crippen LogP contribution is 2.19. The predicted molar refractivity (Wildman–Crippen MR) is 52.5 cm³/mol. The van der Waals surface area contributed by atoms with Crippen LogP contribution in [0, 0.1) is 5.92 Å². The van der Waals surface area contributed by atoms with Crippen LogP contribution in [-0.2, 0) is 19.4 Å². The summed E-state index contributed by atoms with van der Waals surface area (Å²) in [5.74, 6) is 0.253. The predicted octanol–water partition coefficient (Wildman–Crippen LogP) is 0.540. The molecular formula is C9H14O4S. The van der Waals surface area contributed by atoms with E-state index in [-0.39, 0.29) is 17.4 Å². The van der Waals surface area contributed by atoms with Crippen LogP contribution in [0.5, 0.6) is 0 Å². The van der Waals surface area contributed by atoms with Crippen LogP contribution in [-0.4, -0.2) is 33.0 Å². The van der Waals surface area contributed by atoms with E-state index >= 15 is 0 Å². The maximum absolute atomic E-state index is 11.1. The molecule has 1 aliphatic heterocycles. The molecule has 1 aliphatic rings. The summed E-state index contributed by atoms with van der Waals surface area (Å²) in [7, 11) is -1.49. The zero-order chi connectivity index (χ0) is 10.6. The Kier molecular flexibility index (Phi) is 3.69. The fourth-order valence-corrected chi connectivity index (χ4v) is 2.91. The SMILES string of the molecule is COC(=O)/C=C\C1CCS(=O)(=O)CC1. The lowest BCUT2D eigenvalue weighted by molar-refractivity contribution is -0.134. The average molecular weight is 218 g/mol. The molecule has 0 aromatic rings. The summed E-state index contributed by atoms with van der Waals surface area (Å²) in [5.41, 5.74) is 0. The normalized spacial score (nSPS) is 22.4. The lowest BCUT2D eigenvalue weighted by Crippen LogP contribution is -2.22. The van der Waals surface area contributed by atoms with Gasteiger partial charge in [-0.05, 0) is 18.8 Å². The molecule has 1 rings (SSSR count). The number of carbonyl (C=O) groups is 1. The number of hydrogen-bond acceptors (Lipinski definition) is 4. The Hall–Kier alpha value is -0.840. The molecule has 80 valence electrons. The minimum absolute atomic E-state index is 0.192. The monoisotopic (exact) mass is 218 g/mol. The van der Waals surface area contributed by atoms with Crippen LogP contribution < -0.4 is 0 Å². The van der Waals surface area contributed by atoms with Crippen molar-refractivity contribution >= 4 is 15.8 Å². The molecule has 1 heterocycles. The van der Waals surface area contributed by atoms with Gasteiger partial charge in [-0.25, -0.2) is 13.2 Å². The van der Waals surface area contributed by atoms with Crippen LogP contribution in [0.15, 0.2) is 12.2 Å². The van der Waals surface area contributed by atoms with E-state index in [1.54, 1.807) is 6.08 Å². The molecule has 14 heavy (non-hydrogen) atoms. The summed E-state index contributed by atoms with van der Waals surface area (Å²) in [4.78, 5) is 10.8. The van der Waals surface area contributed by atoms with Crippen molar-refractivity contribution < 1.29 is 17.9 Å². The minimum atomic E-state index is -2.81. The Morgan fingerprint density at radius 3 is 2.43 bits per heavy atom. The summed E-state index contributed by atoms with van der Waals surface area (Å²) >= 11 is 0. The number of rotatable bonds is 2. The zero-order valence-electron chi connectivity index (χ0n) is 8.10. The Balaban J connectivity index is 2.43. The fourth-order valence-electron chi connectivity index (χ4n) is 1.38. The number of carbonyl (C=O) groups excluding carboxylic acids is 1. The third-order valence-electron chi connectivity index (χ3n) is 2.30. The molecule has 0 spiro atoms. The fraction of sp³-hybridized carbons (Fsp3) is 0.667. The first-order valence-corrected chi connectivity index (χ1v) is 6.32. The van der Waals surface area contributed by atoms with E-state index < -0.39 is 15.8 Å². The number of methoxy groups -OCH3 is 1. The Morgan fingerprint density at radius 2 is 1.93 bits per heavy atom. The second-order valence-corrected chi connectivity index (χ2v) is 5.68. The first-order chi connectivity index (χ1) is 6.53. The van der Waals surface area contributed by atoms with Gasteiger partial charge in [-0.1, -0.05) is 6.08 Å². The quantitative estimate of drug-likeness (QED) is 0.501. The largest absolute Gasteiger partial charge is 0.466 e. The molecule has 4 nitrogen and oxygen atoms in total. The number of allylic oxidation sites excluding steroid dienone is 1. The van der Waals surface area contributed by atoms with E-state index in [0.29, 0.717) is 12.8 Å². The molecule has 0 aromatic carbocycles. The first kappa shape index (κ1) is 11.2. The van der Waals surface area contributed by atoms with Gasteiger partial charge in [-0.3, -0.25) is 0 Å². The molecule has 1 saturated heterocycles. The Morgan fingerprint density at radius 1 is 1.36 bits per heavy atom. The third kappa shape index (κ3) is 3.49. The van der Waals surface area contributed by atoms with Gasteiger partial charge in [0.2, 0.25) is 0 Å². The first-order valence-electron chi connectivity index (χ1n) is 4.50. The lowest BCUT2D eigenvalue weighted by atomic mass is 10.0. The van der Waals surface area contributed by atoms with Crippen molar-refractivity contribution in [3.05, 3.63) is 12.2 Å². The molecule has 0 bridgehead atoms. The number of hydrogen-bond donors (Lipinski definition) is 0. The van der Waals surface area contributed by atoms with Gasteiger partial charge in [0, 0.05) is 6.08 Å². The van der Waals surface area contributed by atoms with Crippen molar-refractivity contribution in [2.75, 3.05) is 18.6 Å². The molecule has 1 fully saturated rings. The molecule has 0 unspecified atom stereocenters. The van der Waals surface area contributed by atoms with Crippen LogP contribution in [0.3, 0.4) is 0 Å². The third-order valence-corrected chi connectivity index (χ3v) is 4.02. The number of ether oxygens (including phenoxy) is 1. The molecule has 0 aromatic heterocycles. The van der Waals surface area contributed by atoms with Gasteiger partial charge >= 0.3 is 5.97 Å². The van der Waals surface area contributed by atoms with Gasteiger partial charge in [-0.15, -0.1) is 0 Å². The minimum Gasteiger partial charge on any atom is -0.466 e. The van der Waals surface area contributed by atoms with Gasteiger partial charge < -0.3 is 4.74 Å². The highest BCUT2D eigenvalue weighted by atomic mass is 32.2.